The van der Waals surface area contributed by atoms with Gasteiger partial charge in [-0.25, -0.2) is 0 Å². The molecule has 112 valence electrons. The minimum Gasteiger partial charge on any atom is -0.309 e. The van der Waals surface area contributed by atoms with Crippen LogP contribution in [0.2, 0.25) is 0 Å². The molecule has 2 atom stereocenters. The number of hydrogen-bond acceptors (Lipinski definition) is 2. The SMILES string of the molecule is CCCNC(c1cc(C)c(C)cc1C)C1(C)CCCS1. The summed E-state index contributed by atoms with van der Waals surface area (Å²) in [5.41, 5.74) is 5.78. The van der Waals surface area contributed by atoms with Crippen molar-refractivity contribution in [2.75, 3.05) is 12.3 Å². The molecular formula is C18H29NS. The highest BCUT2D eigenvalue weighted by Gasteiger charge is 2.39. The van der Waals surface area contributed by atoms with Gasteiger partial charge in [0, 0.05) is 10.8 Å². The second-order valence-corrected chi connectivity index (χ2v) is 8.07. The summed E-state index contributed by atoms with van der Waals surface area (Å²) in [7, 11) is 0. The zero-order chi connectivity index (χ0) is 14.8. The zero-order valence-electron chi connectivity index (χ0n) is 13.7. The second kappa shape index (κ2) is 6.53. The Balaban J connectivity index is 2.38. The molecule has 0 bridgehead atoms. The van der Waals surface area contributed by atoms with Gasteiger partial charge in [-0.2, -0.15) is 11.8 Å². The van der Waals surface area contributed by atoms with Crippen LogP contribution in [0.25, 0.3) is 0 Å². The quantitative estimate of drug-likeness (QED) is 0.825. The number of benzene rings is 1. The summed E-state index contributed by atoms with van der Waals surface area (Å²) in [6.07, 6.45) is 3.88. The number of rotatable bonds is 5. The van der Waals surface area contributed by atoms with Crippen LogP contribution in [0.4, 0.5) is 0 Å². The van der Waals surface area contributed by atoms with E-state index < -0.39 is 0 Å². The van der Waals surface area contributed by atoms with Crippen molar-refractivity contribution in [3.8, 4) is 0 Å². The Morgan fingerprint density at radius 2 is 1.90 bits per heavy atom. The van der Waals surface area contributed by atoms with Gasteiger partial charge in [-0.1, -0.05) is 19.1 Å². The van der Waals surface area contributed by atoms with Gasteiger partial charge >= 0.3 is 0 Å². The predicted molar refractivity (Wildman–Crippen MR) is 91.8 cm³/mol. The fraction of sp³-hybridized carbons (Fsp3) is 0.667. The molecule has 2 rings (SSSR count). The Morgan fingerprint density at radius 1 is 1.20 bits per heavy atom. The van der Waals surface area contributed by atoms with Crippen LogP contribution in [-0.4, -0.2) is 17.0 Å². The third kappa shape index (κ3) is 3.23. The molecule has 0 spiro atoms. The Morgan fingerprint density at radius 3 is 2.50 bits per heavy atom. The normalized spacial score (nSPS) is 24.1. The van der Waals surface area contributed by atoms with E-state index in [4.69, 9.17) is 0 Å². The summed E-state index contributed by atoms with van der Waals surface area (Å²) in [4.78, 5) is 0. The third-order valence-corrected chi connectivity index (χ3v) is 6.24. The largest absolute Gasteiger partial charge is 0.309 e. The van der Waals surface area contributed by atoms with Crippen molar-refractivity contribution < 1.29 is 0 Å². The van der Waals surface area contributed by atoms with Gasteiger partial charge in [-0.15, -0.1) is 0 Å². The van der Waals surface area contributed by atoms with E-state index in [1.165, 1.54) is 47.3 Å². The highest BCUT2D eigenvalue weighted by molar-refractivity contribution is 8.00. The first kappa shape index (κ1) is 15.9. The topological polar surface area (TPSA) is 12.0 Å². The van der Waals surface area contributed by atoms with Crippen LogP contribution in [0.15, 0.2) is 12.1 Å². The molecule has 2 unspecified atom stereocenters. The third-order valence-electron chi connectivity index (χ3n) is 4.65. The van der Waals surface area contributed by atoms with Crippen LogP contribution in [-0.2, 0) is 0 Å². The summed E-state index contributed by atoms with van der Waals surface area (Å²) in [5, 5.41) is 3.83. The molecule has 1 aliphatic rings. The van der Waals surface area contributed by atoms with Crippen molar-refractivity contribution in [2.24, 2.45) is 0 Å². The van der Waals surface area contributed by atoms with Crippen molar-refractivity contribution in [3.05, 3.63) is 34.4 Å². The second-order valence-electron chi connectivity index (χ2n) is 6.44. The summed E-state index contributed by atoms with van der Waals surface area (Å²) in [5.74, 6) is 1.31. The minimum atomic E-state index is 0.349. The lowest BCUT2D eigenvalue weighted by Gasteiger charge is -2.36. The molecule has 1 aliphatic heterocycles. The minimum absolute atomic E-state index is 0.349. The van der Waals surface area contributed by atoms with Crippen LogP contribution in [0.1, 0.15) is 61.4 Å². The van der Waals surface area contributed by atoms with Gasteiger partial charge in [-0.05, 0) is 81.5 Å². The molecule has 0 radical (unpaired) electrons. The van der Waals surface area contributed by atoms with Crippen LogP contribution >= 0.6 is 11.8 Å². The van der Waals surface area contributed by atoms with Gasteiger partial charge in [0.05, 0.1) is 0 Å². The van der Waals surface area contributed by atoms with E-state index in [1.54, 1.807) is 0 Å². The van der Waals surface area contributed by atoms with Crippen LogP contribution in [0.5, 0.6) is 0 Å². The van der Waals surface area contributed by atoms with E-state index in [9.17, 15) is 0 Å². The van der Waals surface area contributed by atoms with Gasteiger partial charge in [0.2, 0.25) is 0 Å². The van der Waals surface area contributed by atoms with E-state index in [-0.39, 0.29) is 0 Å². The van der Waals surface area contributed by atoms with Crippen molar-refractivity contribution in [1.82, 2.24) is 5.32 Å². The average Bonchev–Trinajstić information content (AvgIpc) is 2.83. The van der Waals surface area contributed by atoms with E-state index in [0.29, 0.717) is 10.8 Å². The molecule has 0 aromatic heterocycles. The maximum absolute atomic E-state index is 3.83. The number of aryl methyl sites for hydroxylation is 3. The lowest BCUT2D eigenvalue weighted by molar-refractivity contribution is 0.411. The lowest BCUT2D eigenvalue weighted by atomic mass is 9.86. The van der Waals surface area contributed by atoms with Gasteiger partial charge < -0.3 is 5.32 Å². The molecule has 2 heteroatoms. The first-order chi connectivity index (χ1) is 9.48. The Hall–Kier alpha value is -0.470. The summed E-state index contributed by atoms with van der Waals surface area (Å²) >= 11 is 2.15. The van der Waals surface area contributed by atoms with Crippen LogP contribution < -0.4 is 5.32 Å². The molecule has 1 nitrogen and oxygen atoms in total. The Labute approximate surface area is 128 Å². The fourth-order valence-corrected chi connectivity index (χ4v) is 4.69. The standard InChI is InChI=1S/C18H29NS/c1-6-9-19-17(18(5)8-7-10-20-18)16-12-14(3)13(2)11-15(16)4/h11-12,17,19H,6-10H2,1-5H3. The lowest BCUT2D eigenvalue weighted by Crippen LogP contribution is -2.38. The first-order valence-corrected chi connectivity index (χ1v) is 8.91. The number of thioether (sulfide) groups is 1. The summed E-state index contributed by atoms with van der Waals surface area (Å²) in [6, 6.07) is 5.25. The zero-order valence-corrected chi connectivity index (χ0v) is 14.5. The van der Waals surface area contributed by atoms with Gasteiger partial charge in [0.1, 0.15) is 0 Å². The van der Waals surface area contributed by atoms with E-state index in [0.717, 1.165) is 6.54 Å². The molecule has 0 aliphatic carbocycles. The first-order valence-electron chi connectivity index (χ1n) is 7.93. The van der Waals surface area contributed by atoms with Crippen molar-refractivity contribution in [1.29, 1.82) is 0 Å². The smallest absolute Gasteiger partial charge is 0.0469 e. The monoisotopic (exact) mass is 291 g/mol. The van der Waals surface area contributed by atoms with Gasteiger partial charge in [-0.3, -0.25) is 0 Å². The molecule has 0 amide bonds. The molecule has 1 aromatic carbocycles. The Kier molecular flexibility index (Phi) is 5.19. The maximum Gasteiger partial charge on any atom is 0.0469 e. The van der Waals surface area contributed by atoms with Crippen molar-refractivity contribution >= 4 is 11.8 Å². The highest BCUT2D eigenvalue weighted by Crippen LogP contribution is 2.47. The number of nitrogens with one attached hydrogen (secondary N) is 1. The number of hydrogen-bond donors (Lipinski definition) is 1. The molecular weight excluding hydrogens is 262 g/mol. The van der Waals surface area contributed by atoms with Crippen LogP contribution in [0.3, 0.4) is 0 Å². The predicted octanol–water partition coefficient (Wildman–Crippen LogP) is 4.94. The van der Waals surface area contributed by atoms with E-state index in [1.807, 2.05) is 0 Å². The fourth-order valence-electron chi connectivity index (χ4n) is 3.27. The summed E-state index contributed by atoms with van der Waals surface area (Å²) in [6.45, 7) is 12.5. The molecule has 1 heterocycles. The molecule has 1 fully saturated rings. The van der Waals surface area contributed by atoms with Crippen LogP contribution in [0, 0.1) is 20.8 Å². The molecule has 0 saturated carbocycles. The molecule has 20 heavy (non-hydrogen) atoms. The van der Waals surface area contributed by atoms with Gasteiger partial charge in [0.15, 0.2) is 0 Å². The van der Waals surface area contributed by atoms with E-state index in [2.05, 4.69) is 63.8 Å². The molecule has 1 saturated heterocycles. The Bertz CT molecular complexity index is 461. The maximum atomic E-state index is 3.83. The van der Waals surface area contributed by atoms with Crippen molar-refractivity contribution in [3.63, 3.8) is 0 Å². The van der Waals surface area contributed by atoms with Gasteiger partial charge in [0.25, 0.3) is 0 Å². The average molecular weight is 292 g/mol. The summed E-state index contributed by atoms with van der Waals surface area (Å²) < 4.78 is 0.349. The molecule has 1 N–H and O–H groups in total. The molecule has 1 aromatic rings. The highest BCUT2D eigenvalue weighted by atomic mass is 32.2. The van der Waals surface area contributed by atoms with E-state index >= 15 is 0 Å². The van der Waals surface area contributed by atoms with Crippen molar-refractivity contribution in [2.45, 2.75) is 64.7 Å².